The fraction of sp³-hybridized carbons (Fsp3) is 0.611. The molecule has 0 bridgehead atoms. The first-order chi connectivity index (χ1) is 11.6. The number of benzene rings is 1. The molecule has 1 atom stereocenters. The monoisotopic (exact) mass is 333 g/mol. The molecule has 2 fully saturated rings. The molecule has 1 aromatic rings. The standard InChI is InChI=1S/C18H27N3O3/c22-17-12-20(14-18(23)13-19-7-11-24-15-18)9-10-21(17)8-6-16-4-2-1-3-5-16/h1-5,19,23H,6-15H2/t18-/m1/s1. The Hall–Kier alpha value is -1.47. The Morgan fingerprint density at radius 2 is 2.08 bits per heavy atom. The summed E-state index contributed by atoms with van der Waals surface area (Å²) in [6.07, 6.45) is 0.883. The number of hydrogen-bond donors (Lipinski definition) is 2. The zero-order chi connectivity index (χ0) is 16.8. The maximum atomic E-state index is 12.4. The van der Waals surface area contributed by atoms with Crippen molar-refractivity contribution in [1.29, 1.82) is 0 Å². The van der Waals surface area contributed by atoms with Gasteiger partial charge in [0.1, 0.15) is 5.60 Å². The van der Waals surface area contributed by atoms with Crippen molar-refractivity contribution in [2.24, 2.45) is 0 Å². The number of carbonyl (C=O) groups excluding carboxylic acids is 1. The number of rotatable bonds is 5. The second-order valence-corrected chi connectivity index (χ2v) is 6.78. The molecule has 0 unspecified atom stereocenters. The number of hydrogen-bond acceptors (Lipinski definition) is 5. The molecule has 0 aliphatic carbocycles. The van der Waals surface area contributed by atoms with E-state index in [-0.39, 0.29) is 5.91 Å². The van der Waals surface area contributed by atoms with Gasteiger partial charge in [0.15, 0.2) is 0 Å². The predicted molar refractivity (Wildman–Crippen MR) is 91.8 cm³/mol. The molecule has 2 aliphatic rings. The second-order valence-electron chi connectivity index (χ2n) is 6.78. The van der Waals surface area contributed by atoms with Crippen molar-refractivity contribution >= 4 is 5.91 Å². The van der Waals surface area contributed by atoms with Crippen molar-refractivity contribution in [1.82, 2.24) is 15.1 Å². The minimum absolute atomic E-state index is 0.142. The maximum Gasteiger partial charge on any atom is 0.236 e. The summed E-state index contributed by atoms with van der Waals surface area (Å²) in [4.78, 5) is 16.4. The van der Waals surface area contributed by atoms with Crippen LogP contribution in [0, 0.1) is 0 Å². The average molecular weight is 333 g/mol. The van der Waals surface area contributed by atoms with Crippen LogP contribution in [0.5, 0.6) is 0 Å². The van der Waals surface area contributed by atoms with Crippen molar-refractivity contribution in [2.75, 3.05) is 59.0 Å². The van der Waals surface area contributed by atoms with Crippen LogP contribution < -0.4 is 5.32 Å². The summed E-state index contributed by atoms with van der Waals surface area (Å²) < 4.78 is 5.45. The van der Waals surface area contributed by atoms with Gasteiger partial charge in [-0.25, -0.2) is 0 Å². The lowest BCUT2D eigenvalue weighted by molar-refractivity contribution is -0.138. The van der Waals surface area contributed by atoms with E-state index in [0.717, 1.165) is 32.6 Å². The highest BCUT2D eigenvalue weighted by atomic mass is 16.5. The predicted octanol–water partition coefficient (Wildman–Crippen LogP) is -0.276. The van der Waals surface area contributed by atoms with E-state index in [2.05, 4.69) is 17.4 Å². The molecular formula is C18H27N3O3. The number of nitrogens with zero attached hydrogens (tertiary/aromatic N) is 2. The molecule has 1 aromatic carbocycles. The number of ether oxygens (including phenoxy) is 1. The van der Waals surface area contributed by atoms with E-state index in [1.54, 1.807) is 0 Å². The average Bonchev–Trinajstić information content (AvgIpc) is 2.79. The second kappa shape index (κ2) is 8.07. The van der Waals surface area contributed by atoms with Crippen molar-refractivity contribution in [2.45, 2.75) is 12.0 Å². The Balaban J connectivity index is 1.47. The first-order valence-electron chi connectivity index (χ1n) is 8.70. The largest absolute Gasteiger partial charge is 0.385 e. The minimum Gasteiger partial charge on any atom is -0.385 e. The lowest BCUT2D eigenvalue weighted by atomic mass is 10.0. The van der Waals surface area contributed by atoms with E-state index in [0.29, 0.717) is 32.8 Å². The van der Waals surface area contributed by atoms with E-state index in [4.69, 9.17) is 4.74 Å². The molecule has 132 valence electrons. The van der Waals surface area contributed by atoms with Gasteiger partial charge in [-0.1, -0.05) is 30.3 Å². The van der Waals surface area contributed by atoms with E-state index in [1.807, 2.05) is 28.0 Å². The fourth-order valence-electron chi connectivity index (χ4n) is 3.33. The zero-order valence-corrected chi connectivity index (χ0v) is 14.1. The zero-order valence-electron chi connectivity index (χ0n) is 14.1. The number of nitrogens with one attached hydrogen (secondary N) is 1. The maximum absolute atomic E-state index is 12.4. The van der Waals surface area contributed by atoms with Gasteiger partial charge in [0.25, 0.3) is 0 Å². The SMILES string of the molecule is O=C1CN(C[C@]2(O)CNCCOC2)CCN1CCc1ccccc1. The van der Waals surface area contributed by atoms with Crippen molar-refractivity contribution in [3.63, 3.8) is 0 Å². The molecule has 0 radical (unpaired) electrons. The number of carbonyl (C=O) groups is 1. The molecule has 6 heteroatoms. The van der Waals surface area contributed by atoms with Gasteiger partial charge in [-0.05, 0) is 12.0 Å². The summed E-state index contributed by atoms with van der Waals surface area (Å²) in [5.41, 5.74) is 0.340. The molecule has 1 amide bonds. The molecule has 2 heterocycles. The van der Waals surface area contributed by atoms with Crippen LogP contribution in [0.15, 0.2) is 30.3 Å². The molecule has 2 saturated heterocycles. The van der Waals surface area contributed by atoms with Gasteiger partial charge in [0.2, 0.25) is 5.91 Å². The van der Waals surface area contributed by atoms with Crippen molar-refractivity contribution < 1.29 is 14.6 Å². The van der Waals surface area contributed by atoms with E-state index in [9.17, 15) is 9.90 Å². The molecule has 2 N–H and O–H groups in total. The molecule has 0 spiro atoms. The molecular weight excluding hydrogens is 306 g/mol. The quantitative estimate of drug-likeness (QED) is 0.776. The Morgan fingerprint density at radius 1 is 1.25 bits per heavy atom. The number of amides is 1. The summed E-state index contributed by atoms with van der Waals surface area (Å²) in [7, 11) is 0. The van der Waals surface area contributed by atoms with Gasteiger partial charge in [0, 0.05) is 39.3 Å². The number of piperazine rings is 1. The van der Waals surface area contributed by atoms with E-state index >= 15 is 0 Å². The van der Waals surface area contributed by atoms with E-state index in [1.165, 1.54) is 5.56 Å². The highest BCUT2D eigenvalue weighted by molar-refractivity contribution is 5.79. The van der Waals surface area contributed by atoms with Crippen LogP contribution in [0.25, 0.3) is 0 Å². The van der Waals surface area contributed by atoms with Crippen molar-refractivity contribution in [3.05, 3.63) is 35.9 Å². The van der Waals surface area contributed by atoms with Crippen LogP contribution >= 0.6 is 0 Å². The highest BCUT2D eigenvalue weighted by Gasteiger charge is 2.34. The molecule has 6 nitrogen and oxygen atoms in total. The van der Waals surface area contributed by atoms with E-state index < -0.39 is 5.60 Å². The number of β-amino-alcohol motifs (C(OH)–C–C–N with tert-alkyl or cyclic N) is 1. The van der Waals surface area contributed by atoms with Crippen LogP contribution in [0.4, 0.5) is 0 Å². The molecule has 0 aromatic heterocycles. The van der Waals surface area contributed by atoms with Crippen molar-refractivity contribution in [3.8, 4) is 0 Å². The van der Waals surface area contributed by atoms with Crippen LogP contribution in [-0.4, -0.2) is 85.4 Å². The highest BCUT2D eigenvalue weighted by Crippen LogP contribution is 2.13. The lowest BCUT2D eigenvalue weighted by Crippen LogP contribution is -2.57. The Kier molecular flexibility index (Phi) is 5.84. The van der Waals surface area contributed by atoms with Crippen LogP contribution in [-0.2, 0) is 16.0 Å². The topological polar surface area (TPSA) is 65.0 Å². The third kappa shape index (κ3) is 4.77. The Morgan fingerprint density at radius 3 is 2.88 bits per heavy atom. The molecule has 3 rings (SSSR count). The van der Waals surface area contributed by atoms with Crippen LogP contribution in [0.2, 0.25) is 0 Å². The third-order valence-corrected chi connectivity index (χ3v) is 4.68. The molecule has 0 saturated carbocycles. The smallest absolute Gasteiger partial charge is 0.236 e. The first kappa shape index (κ1) is 17.4. The number of aliphatic hydroxyl groups is 1. The summed E-state index contributed by atoms with van der Waals surface area (Å²) in [6, 6.07) is 10.2. The molecule has 24 heavy (non-hydrogen) atoms. The Bertz CT molecular complexity index is 530. The molecule has 2 aliphatic heterocycles. The first-order valence-corrected chi connectivity index (χ1v) is 8.70. The van der Waals surface area contributed by atoms with Gasteiger partial charge in [-0.15, -0.1) is 0 Å². The van der Waals surface area contributed by atoms with Crippen LogP contribution in [0.1, 0.15) is 5.56 Å². The summed E-state index contributed by atoms with van der Waals surface area (Å²) in [5, 5.41) is 13.8. The summed E-state index contributed by atoms with van der Waals surface area (Å²) in [6.45, 7) is 5.32. The normalized spacial score (nSPS) is 26.4. The van der Waals surface area contributed by atoms with Gasteiger partial charge in [-0.2, -0.15) is 0 Å². The third-order valence-electron chi connectivity index (χ3n) is 4.68. The summed E-state index contributed by atoms with van der Waals surface area (Å²) in [5.74, 6) is 0.142. The summed E-state index contributed by atoms with van der Waals surface area (Å²) >= 11 is 0. The van der Waals surface area contributed by atoms with Gasteiger partial charge >= 0.3 is 0 Å². The lowest BCUT2D eigenvalue weighted by Gasteiger charge is -2.38. The van der Waals surface area contributed by atoms with Gasteiger partial charge < -0.3 is 20.1 Å². The van der Waals surface area contributed by atoms with Crippen LogP contribution in [0.3, 0.4) is 0 Å². The van der Waals surface area contributed by atoms with Gasteiger partial charge in [-0.3, -0.25) is 9.69 Å². The minimum atomic E-state index is -0.914. The fourth-order valence-corrected chi connectivity index (χ4v) is 3.33. The van der Waals surface area contributed by atoms with Gasteiger partial charge in [0.05, 0.1) is 19.8 Å². The Labute approximate surface area is 143 Å².